The molecule has 0 saturated heterocycles. The third-order valence-corrected chi connectivity index (χ3v) is 5.36. The molecule has 3 aromatic rings. The van der Waals surface area contributed by atoms with E-state index in [1.165, 1.54) is 35.7 Å². The molecule has 3 rings (SSSR count). The van der Waals surface area contributed by atoms with Gasteiger partial charge in [0.05, 0.1) is 18.2 Å². The number of hydrogen-bond donors (Lipinski definition) is 2. The summed E-state index contributed by atoms with van der Waals surface area (Å²) < 4.78 is 26.4. The van der Waals surface area contributed by atoms with Crippen LogP contribution in [0.4, 0.5) is 13.9 Å². The molecule has 0 aliphatic carbocycles. The number of benzene rings is 1. The molecule has 2 amide bonds. The summed E-state index contributed by atoms with van der Waals surface area (Å²) >= 11 is 2.63. The van der Waals surface area contributed by atoms with Gasteiger partial charge in [-0.3, -0.25) is 9.59 Å². The minimum absolute atomic E-state index is 0.0557. The average molecular weight is 407 g/mol. The second kappa shape index (κ2) is 8.36. The van der Waals surface area contributed by atoms with Gasteiger partial charge in [0.25, 0.3) is 0 Å². The maximum absolute atomic E-state index is 13.4. The van der Waals surface area contributed by atoms with Crippen molar-refractivity contribution in [2.45, 2.75) is 19.4 Å². The van der Waals surface area contributed by atoms with Gasteiger partial charge in [-0.25, -0.2) is 13.8 Å². The summed E-state index contributed by atoms with van der Waals surface area (Å²) in [7, 11) is 0. The number of anilines is 1. The van der Waals surface area contributed by atoms with E-state index >= 15 is 0 Å². The predicted octanol–water partition coefficient (Wildman–Crippen LogP) is 4.36. The smallest absolute Gasteiger partial charge is 0.228 e. The van der Waals surface area contributed by atoms with Crippen LogP contribution in [0.1, 0.15) is 24.3 Å². The summed E-state index contributed by atoms with van der Waals surface area (Å²) in [6.07, 6.45) is 0.0557. The summed E-state index contributed by atoms with van der Waals surface area (Å²) in [5.41, 5.74) is 0.853. The van der Waals surface area contributed by atoms with Crippen LogP contribution in [-0.2, 0) is 9.59 Å². The number of hydrogen-bond acceptors (Lipinski definition) is 5. The summed E-state index contributed by atoms with van der Waals surface area (Å²) in [5.74, 6) is -2.43. The second-order valence-electron chi connectivity index (χ2n) is 5.69. The van der Waals surface area contributed by atoms with Crippen LogP contribution < -0.4 is 10.6 Å². The number of halogens is 2. The lowest BCUT2D eigenvalue weighted by molar-refractivity contribution is -0.120. The van der Waals surface area contributed by atoms with Crippen LogP contribution >= 0.6 is 22.7 Å². The van der Waals surface area contributed by atoms with Gasteiger partial charge in [-0.05, 0) is 29.6 Å². The van der Waals surface area contributed by atoms with Crippen molar-refractivity contribution in [1.29, 1.82) is 0 Å². The first kappa shape index (κ1) is 19.1. The van der Waals surface area contributed by atoms with E-state index in [1.54, 1.807) is 5.38 Å². The molecule has 0 aliphatic heterocycles. The van der Waals surface area contributed by atoms with E-state index in [0.717, 1.165) is 17.0 Å². The number of amides is 2. The van der Waals surface area contributed by atoms with Crippen LogP contribution in [0.2, 0.25) is 0 Å². The van der Waals surface area contributed by atoms with Crippen LogP contribution in [0.25, 0.3) is 11.3 Å². The average Bonchev–Trinajstić information content (AvgIpc) is 3.28. The van der Waals surface area contributed by atoms with E-state index in [9.17, 15) is 18.4 Å². The van der Waals surface area contributed by atoms with Gasteiger partial charge >= 0.3 is 0 Å². The first-order valence-electron chi connectivity index (χ1n) is 7.93. The van der Waals surface area contributed by atoms with Gasteiger partial charge in [0.15, 0.2) is 16.8 Å². The number of carbonyl (C=O) groups is 2. The summed E-state index contributed by atoms with van der Waals surface area (Å²) in [6.45, 7) is 1.40. The molecule has 2 heterocycles. The fourth-order valence-electron chi connectivity index (χ4n) is 2.43. The molecule has 0 spiro atoms. The number of carbonyl (C=O) groups excluding carboxylic acids is 2. The molecule has 9 heteroatoms. The summed E-state index contributed by atoms with van der Waals surface area (Å²) in [5, 5.41) is 9.29. The fourth-order valence-corrected chi connectivity index (χ4v) is 3.95. The number of aromatic nitrogens is 1. The maximum atomic E-state index is 13.4. The Balaban J connectivity index is 1.68. The molecule has 0 radical (unpaired) electrons. The minimum atomic E-state index is -0.958. The SMILES string of the molecule is CC(=O)N[C@H](CC(=O)Nc1nc(-c2ccc(F)c(F)c2)cs1)c1cccs1. The highest BCUT2D eigenvalue weighted by Crippen LogP contribution is 2.27. The first-order valence-corrected chi connectivity index (χ1v) is 9.69. The van der Waals surface area contributed by atoms with E-state index in [2.05, 4.69) is 15.6 Å². The molecular weight excluding hydrogens is 392 g/mol. The van der Waals surface area contributed by atoms with Crippen molar-refractivity contribution in [3.8, 4) is 11.3 Å². The molecular formula is C18H15F2N3O2S2. The van der Waals surface area contributed by atoms with Gasteiger partial charge in [0, 0.05) is 22.7 Å². The van der Waals surface area contributed by atoms with Gasteiger partial charge in [-0.15, -0.1) is 22.7 Å². The monoisotopic (exact) mass is 407 g/mol. The van der Waals surface area contributed by atoms with Crippen LogP contribution in [0.15, 0.2) is 41.1 Å². The second-order valence-corrected chi connectivity index (χ2v) is 7.52. The molecule has 0 unspecified atom stereocenters. The molecule has 140 valence electrons. The van der Waals surface area contributed by atoms with E-state index < -0.39 is 17.7 Å². The Morgan fingerprint density at radius 3 is 2.67 bits per heavy atom. The highest BCUT2D eigenvalue weighted by atomic mass is 32.1. The molecule has 1 aromatic carbocycles. The molecule has 0 saturated carbocycles. The lowest BCUT2D eigenvalue weighted by atomic mass is 10.1. The Morgan fingerprint density at radius 1 is 1.19 bits per heavy atom. The third kappa shape index (κ3) is 4.95. The van der Waals surface area contributed by atoms with E-state index in [-0.39, 0.29) is 18.2 Å². The Kier molecular flexibility index (Phi) is 5.92. The van der Waals surface area contributed by atoms with Crippen molar-refractivity contribution in [2.24, 2.45) is 0 Å². The molecule has 0 aliphatic rings. The van der Waals surface area contributed by atoms with Crippen LogP contribution in [0, 0.1) is 11.6 Å². The van der Waals surface area contributed by atoms with Crippen molar-refractivity contribution in [3.05, 3.63) is 57.6 Å². The van der Waals surface area contributed by atoms with Crippen LogP contribution in [-0.4, -0.2) is 16.8 Å². The van der Waals surface area contributed by atoms with Crippen LogP contribution in [0.5, 0.6) is 0 Å². The van der Waals surface area contributed by atoms with Gasteiger partial charge in [-0.1, -0.05) is 6.07 Å². The maximum Gasteiger partial charge on any atom is 0.228 e. The van der Waals surface area contributed by atoms with E-state index in [4.69, 9.17) is 0 Å². The Hall–Kier alpha value is -2.65. The first-order chi connectivity index (χ1) is 12.9. The zero-order valence-electron chi connectivity index (χ0n) is 14.2. The van der Waals surface area contributed by atoms with E-state index in [1.807, 2.05) is 17.5 Å². The largest absolute Gasteiger partial charge is 0.348 e. The lowest BCUT2D eigenvalue weighted by Gasteiger charge is -2.15. The molecule has 0 bridgehead atoms. The standard InChI is InChI=1S/C18H15F2N3O2S2/c1-10(24)21-14(16-3-2-6-26-16)8-17(25)23-18-22-15(9-27-18)11-4-5-12(19)13(20)7-11/h2-7,9,14H,8H2,1H3,(H,21,24)(H,22,23,25)/t14-/m1/s1. The van der Waals surface area contributed by atoms with Gasteiger partial charge in [0.1, 0.15) is 0 Å². The number of nitrogens with one attached hydrogen (secondary N) is 2. The van der Waals surface area contributed by atoms with Gasteiger partial charge in [0.2, 0.25) is 11.8 Å². The van der Waals surface area contributed by atoms with Crippen molar-refractivity contribution in [1.82, 2.24) is 10.3 Å². The number of thiazole rings is 1. The number of rotatable bonds is 6. The Bertz CT molecular complexity index is 957. The van der Waals surface area contributed by atoms with Crippen molar-refractivity contribution >= 4 is 39.6 Å². The molecule has 0 fully saturated rings. The quantitative estimate of drug-likeness (QED) is 0.638. The zero-order valence-corrected chi connectivity index (χ0v) is 15.8. The third-order valence-electron chi connectivity index (χ3n) is 3.62. The number of thiophene rings is 1. The number of nitrogens with zero attached hydrogens (tertiary/aromatic N) is 1. The predicted molar refractivity (Wildman–Crippen MR) is 102 cm³/mol. The Labute approximate surface area is 162 Å². The summed E-state index contributed by atoms with van der Waals surface area (Å²) in [6, 6.07) is 6.78. The van der Waals surface area contributed by atoms with Crippen molar-refractivity contribution in [3.63, 3.8) is 0 Å². The highest BCUT2D eigenvalue weighted by Gasteiger charge is 2.19. The molecule has 27 heavy (non-hydrogen) atoms. The fraction of sp³-hybridized carbons (Fsp3) is 0.167. The summed E-state index contributed by atoms with van der Waals surface area (Å²) in [4.78, 5) is 28.9. The molecule has 1 atom stereocenters. The van der Waals surface area contributed by atoms with Crippen molar-refractivity contribution in [2.75, 3.05) is 5.32 Å². The normalized spacial score (nSPS) is 11.8. The highest BCUT2D eigenvalue weighted by molar-refractivity contribution is 7.14. The molecule has 2 aromatic heterocycles. The lowest BCUT2D eigenvalue weighted by Crippen LogP contribution is -2.29. The molecule has 2 N–H and O–H groups in total. The van der Waals surface area contributed by atoms with E-state index in [0.29, 0.717) is 16.4 Å². The molecule has 5 nitrogen and oxygen atoms in total. The van der Waals surface area contributed by atoms with Gasteiger partial charge in [-0.2, -0.15) is 0 Å². The zero-order chi connectivity index (χ0) is 19.4. The topological polar surface area (TPSA) is 71.1 Å². The van der Waals surface area contributed by atoms with Crippen LogP contribution in [0.3, 0.4) is 0 Å². The minimum Gasteiger partial charge on any atom is -0.348 e. The van der Waals surface area contributed by atoms with Gasteiger partial charge < -0.3 is 10.6 Å². The van der Waals surface area contributed by atoms with Crippen molar-refractivity contribution < 1.29 is 18.4 Å². The Morgan fingerprint density at radius 2 is 2.00 bits per heavy atom.